The lowest BCUT2D eigenvalue weighted by Crippen LogP contribution is -2.11. The SMILES string of the molecule is Fc1ccc(OCC2COc3ccccc32)cc1. The van der Waals surface area contributed by atoms with Crippen molar-refractivity contribution in [2.75, 3.05) is 13.2 Å². The second kappa shape index (κ2) is 4.69. The van der Waals surface area contributed by atoms with Crippen LogP contribution in [0.3, 0.4) is 0 Å². The summed E-state index contributed by atoms with van der Waals surface area (Å²) in [6, 6.07) is 14.0. The van der Waals surface area contributed by atoms with Gasteiger partial charge in [-0.05, 0) is 30.3 Å². The molecule has 1 heterocycles. The van der Waals surface area contributed by atoms with Gasteiger partial charge >= 0.3 is 0 Å². The van der Waals surface area contributed by atoms with Crippen LogP contribution < -0.4 is 9.47 Å². The van der Waals surface area contributed by atoms with E-state index in [2.05, 4.69) is 6.07 Å². The van der Waals surface area contributed by atoms with Gasteiger partial charge < -0.3 is 9.47 Å². The highest BCUT2D eigenvalue weighted by atomic mass is 19.1. The third-order valence-corrected chi connectivity index (χ3v) is 3.06. The average molecular weight is 244 g/mol. The van der Waals surface area contributed by atoms with Crippen LogP contribution in [0.15, 0.2) is 48.5 Å². The predicted octanol–water partition coefficient (Wildman–Crippen LogP) is 3.38. The van der Waals surface area contributed by atoms with Gasteiger partial charge in [0, 0.05) is 5.56 Å². The van der Waals surface area contributed by atoms with Crippen LogP contribution in [-0.2, 0) is 0 Å². The van der Waals surface area contributed by atoms with Gasteiger partial charge in [0.1, 0.15) is 17.3 Å². The number of benzene rings is 2. The second-order valence-electron chi connectivity index (χ2n) is 4.31. The maximum atomic E-state index is 12.7. The first-order valence-electron chi connectivity index (χ1n) is 5.93. The fraction of sp³-hybridized carbons (Fsp3) is 0.200. The normalized spacial score (nSPS) is 17.1. The van der Waals surface area contributed by atoms with E-state index in [0.717, 1.165) is 5.75 Å². The van der Waals surface area contributed by atoms with Gasteiger partial charge in [0.15, 0.2) is 0 Å². The molecule has 0 bridgehead atoms. The Balaban J connectivity index is 1.67. The van der Waals surface area contributed by atoms with E-state index < -0.39 is 0 Å². The number of hydrogen-bond acceptors (Lipinski definition) is 2. The van der Waals surface area contributed by atoms with Crippen molar-refractivity contribution in [1.82, 2.24) is 0 Å². The quantitative estimate of drug-likeness (QED) is 0.824. The van der Waals surface area contributed by atoms with Crippen molar-refractivity contribution in [1.29, 1.82) is 0 Å². The van der Waals surface area contributed by atoms with Gasteiger partial charge in [-0.3, -0.25) is 0 Å². The molecule has 2 aromatic rings. The Morgan fingerprint density at radius 1 is 1.11 bits per heavy atom. The van der Waals surface area contributed by atoms with Crippen LogP contribution in [0.25, 0.3) is 0 Å². The molecule has 1 unspecified atom stereocenters. The van der Waals surface area contributed by atoms with E-state index in [9.17, 15) is 4.39 Å². The zero-order chi connectivity index (χ0) is 12.4. The minimum Gasteiger partial charge on any atom is -0.493 e. The minimum atomic E-state index is -0.253. The lowest BCUT2D eigenvalue weighted by atomic mass is 10.0. The van der Waals surface area contributed by atoms with Gasteiger partial charge in [-0.2, -0.15) is 0 Å². The molecular formula is C15H13FO2. The third-order valence-electron chi connectivity index (χ3n) is 3.06. The molecule has 2 nitrogen and oxygen atoms in total. The van der Waals surface area contributed by atoms with Crippen molar-refractivity contribution >= 4 is 0 Å². The van der Waals surface area contributed by atoms with Crippen LogP contribution in [0, 0.1) is 5.82 Å². The highest BCUT2D eigenvalue weighted by molar-refractivity contribution is 5.39. The molecule has 0 amide bonds. The molecular weight excluding hydrogens is 231 g/mol. The van der Waals surface area contributed by atoms with Crippen LogP contribution in [0.5, 0.6) is 11.5 Å². The molecule has 0 fully saturated rings. The van der Waals surface area contributed by atoms with Crippen molar-refractivity contribution in [3.63, 3.8) is 0 Å². The average Bonchev–Trinajstić information content (AvgIpc) is 2.82. The van der Waals surface area contributed by atoms with Gasteiger partial charge in [0.05, 0.1) is 19.1 Å². The van der Waals surface area contributed by atoms with E-state index in [1.54, 1.807) is 12.1 Å². The standard InChI is InChI=1S/C15H13FO2/c16-12-5-7-13(8-6-12)17-9-11-10-18-15-4-2-1-3-14(11)15/h1-8,11H,9-10H2. The summed E-state index contributed by atoms with van der Waals surface area (Å²) in [7, 11) is 0. The summed E-state index contributed by atoms with van der Waals surface area (Å²) < 4.78 is 24.0. The summed E-state index contributed by atoms with van der Waals surface area (Å²) in [5, 5.41) is 0. The predicted molar refractivity (Wildman–Crippen MR) is 66.6 cm³/mol. The highest BCUT2D eigenvalue weighted by Gasteiger charge is 2.23. The maximum Gasteiger partial charge on any atom is 0.123 e. The molecule has 1 aliphatic heterocycles. The summed E-state index contributed by atoms with van der Waals surface area (Å²) in [6.07, 6.45) is 0. The zero-order valence-electron chi connectivity index (χ0n) is 9.80. The summed E-state index contributed by atoms with van der Waals surface area (Å²) >= 11 is 0. The van der Waals surface area contributed by atoms with Crippen molar-refractivity contribution in [2.24, 2.45) is 0 Å². The Labute approximate surface area is 105 Å². The molecule has 3 heteroatoms. The molecule has 92 valence electrons. The first-order chi connectivity index (χ1) is 8.83. The van der Waals surface area contributed by atoms with Gasteiger partial charge in [-0.15, -0.1) is 0 Å². The van der Waals surface area contributed by atoms with Gasteiger partial charge in [-0.25, -0.2) is 4.39 Å². The van der Waals surface area contributed by atoms with Crippen molar-refractivity contribution in [3.8, 4) is 11.5 Å². The van der Waals surface area contributed by atoms with E-state index >= 15 is 0 Å². The number of halogens is 1. The van der Waals surface area contributed by atoms with Crippen LogP contribution in [0.1, 0.15) is 11.5 Å². The molecule has 0 saturated heterocycles. The fourth-order valence-corrected chi connectivity index (χ4v) is 2.09. The lowest BCUT2D eigenvalue weighted by molar-refractivity contribution is 0.248. The first kappa shape index (κ1) is 11.1. The van der Waals surface area contributed by atoms with E-state index in [4.69, 9.17) is 9.47 Å². The van der Waals surface area contributed by atoms with Crippen LogP contribution in [0.4, 0.5) is 4.39 Å². The van der Waals surface area contributed by atoms with E-state index in [1.165, 1.54) is 17.7 Å². The summed E-state index contributed by atoms with van der Waals surface area (Å²) in [5.74, 6) is 1.61. The number of hydrogen-bond donors (Lipinski definition) is 0. The van der Waals surface area contributed by atoms with Gasteiger partial charge in [0.25, 0.3) is 0 Å². The summed E-state index contributed by atoms with van der Waals surface area (Å²) in [6.45, 7) is 1.18. The summed E-state index contributed by atoms with van der Waals surface area (Å²) in [5.41, 5.74) is 1.18. The molecule has 0 aliphatic carbocycles. The smallest absolute Gasteiger partial charge is 0.123 e. The Morgan fingerprint density at radius 2 is 1.89 bits per heavy atom. The molecule has 0 aromatic heterocycles. The van der Waals surface area contributed by atoms with Crippen LogP contribution in [0.2, 0.25) is 0 Å². The van der Waals surface area contributed by atoms with Crippen LogP contribution in [-0.4, -0.2) is 13.2 Å². The second-order valence-corrected chi connectivity index (χ2v) is 4.31. The fourth-order valence-electron chi connectivity index (χ4n) is 2.09. The Hall–Kier alpha value is -2.03. The molecule has 3 rings (SSSR count). The maximum absolute atomic E-state index is 12.7. The molecule has 0 spiro atoms. The molecule has 0 radical (unpaired) electrons. The largest absolute Gasteiger partial charge is 0.493 e. The number of ether oxygens (including phenoxy) is 2. The molecule has 0 saturated carbocycles. The molecule has 1 atom stereocenters. The molecule has 18 heavy (non-hydrogen) atoms. The van der Waals surface area contributed by atoms with E-state index in [-0.39, 0.29) is 11.7 Å². The number of fused-ring (bicyclic) bond motifs is 1. The monoisotopic (exact) mass is 244 g/mol. The van der Waals surface area contributed by atoms with Crippen molar-refractivity contribution < 1.29 is 13.9 Å². The van der Waals surface area contributed by atoms with Crippen molar-refractivity contribution in [2.45, 2.75) is 5.92 Å². The van der Waals surface area contributed by atoms with Crippen molar-refractivity contribution in [3.05, 3.63) is 59.9 Å². The molecule has 1 aliphatic rings. The lowest BCUT2D eigenvalue weighted by Gasteiger charge is -2.11. The minimum absolute atomic E-state index is 0.242. The van der Waals surface area contributed by atoms with Gasteiger partial charge in [0.2, 0.25) is 0 Å². The molecule has 0 N–H and O–H groups in total. The molecule has 2 aromatic carbocycles. The van der Waals surface area contributed by atoms with Crippen LogP contribution >= 0.6 is 0 Å². The Kier molecular flexibility index (Phi) is 2.89. The third kappa shape index (κ3) is 2.16. The van der Waals surface area contributed by atoms with Gasteiger partial charge in [-0.1, -0.05) is 18.2 Å². The number of para-hydroxylation sites is 1. The Morgan fingerprint density at radius 3 is 2.72 bits per heavy atom. The van der Waals surface area contributed by atoms with E-state index in [1.807, 2.05) is 18.2 Å². The first-order valence-corrected chi connectivity index (χ1v) is 5.93. The number of rotatable bonds is 3. The summed E-state index contributed by atoms with van der Waals surface area (Å²) in [4.78, 5) is 0. The van der Waals surface area contributed by atoms with E-state index in [0.29, 0.717) is 19.0 Å². The zero-order valence-corrected chi connectivity index (χ0v) is 9.80. The Bertz CT molecular complexity index is 536. The topological polar surface area (TPSA) is 18.5 Å². The highest BCUT2D eigenvalue weighted by Crippen LogP contribution is 2.33.